The van der Waals surface area contributed by atoms with Gasteiger partial charge in [-0.25, -0.2) is 24.9 Å². The first-order valence-corrected chi connectivity index (χ1v) is 53.0. The van der Waals surface area contributed by atoms with Crippen molar-refractivity contribution in [2.45, 2.75) is 138 Å². The molecule has 20 aromatic carbocycles. The number of para-hydroxylation sites is 5. The predicted octanol–water partition coefficient (Wildman–Crippen LogP) is 39.1. The van der Waals surface area contributed by atoms with Gasteiger partial charge in [-0.2, -0.15) is 0 Å². The topological polar surface area (TPSA) is 150 Å². The van der Waals surface area contributed by atoms with Crippen molar-refractivity contribution in [2.24, 2.45) is 0 Å². The number of carbonyl (C=O) groups is 5. The fraction of sp³-hybridized carbons (Fsp3) is 0.143. The smallest absolute Gasteiger partial charge is 0.211 e. The lowest BCUT2D eigenvalue weighted by atomic mass is 9.99. The van der Waals surface area contributed by atoms with Gasteiger partial charge in [0.25, 0.3) is 0 Å². The number of hydrogen-bond donors (Lipinski definition) is 0. The molecule has 5 heterocycles. The Hall–Kier alpha value is -17.6. The van der Waals surface area contributed by atoms with E-state index >= 15 is 0 Å². The van der Waals surface area contributed by atoms with Crippen LogP contribution in [0.4, 0.5) is 0 Å². The van der Waals surface area contributed by atoms with Gasteiger partial charge in [-0.3, -0.25) is 24.0 Å². The Bertz CT molecular complexity index is 7720. The third-order valence-electron chi connectivity index (χ3n) is 24.0. The van der Waals surface area contributed by atoms with Gasteiger partial charge in [-0.15, -0.1) is 0 Å². The number of fused-ring (bicyclic) bond motifs is 15. The maximum atomic E-state index is 12.9. The highest BCUT2D eigenvalue weighted by molar-refractivity contribution is 6.16. The average molecular weight is 1970 g/mol. The second-order valence-corrected chi connectivity index (χ2v) is 32.4. The fourth-order valence-electron chi connectivity index (χ4n) is 17.1. The van der Waals surface area contributed by atoms with Gasteiger partial charge in [-0.05, 0) is 259 Å². The second-order valence-electron chi connectivity index (χ2n) is 32.4. The minimum Gasteiger partial charge on any atom is -0.287 e. The minimum atomic E-state index is -0.0502. The molecule has 150 heavy (non-hydrogen) atoms. The van der Waals surface area contributed by atoms with E-state index in [2.05, 4.69) is 146 Å². The molecule has 10 nitrogen and oxygen atoms in total. The highest BCUT2D eigenvalue weighted by Crippen LogP contribution is 2.33. The van der Waals surface area contributed by atoms with Crippen molar-refractivity contribution in [1.29, 1.82) is 0 Å². The lowest BCUT2D eigenvalue weighted by Crippen LogP contribution is -2.04. The van der Waals surface area contributed by atoms with Crippen LogP contribution in [-0.4, -0.2) is 53.8 Å². The van der Waals surface area contributed by atoms with Crippen molar-refractivity contribution in [3.05, 3.63) is 511 Å². The highest BCUT2D eigenvalue weighted by atomic mass is 16.1. The molecule has 10 heteroatoms. The second kappa shape index (κ2) is 57.3. The zero-order chi connectivity index (χ0) is 108. The lowest BCUT2D eigenvalue weighted by Gasteiger charge is -2.06. The van der Waals surface area contributed by atoms with Crippen LogP contribution in [0, 0.1) is 0 Å². The number of pyridine rings is 5. The Labute approximate surface area is 883 Å². The third-order valence-corrected chi connectivity index (χ3v) is 24.0. The van der Waals surface area contributed by atoms with Crippen LogP contribution >= 0.6 is 0 Å². The summed E-state index contributed by atoms with van der Waals surface area (Å²) in [5.41, 5.74) is 9.88. The van der Waals surface area contributed by atoms with Crippen LogP contribution in [0.3, 0.4) is 0 Å². The Morgan fingerprint density at radius 1 is 0.113 bits per heavy atom. The van der Waals surface area contributed by atoms with Crippen LogP contribution in [0.5, 0.6) is 0 Å². The number of rotatable bonds is 10. The zero-order valence-electron chi connectivity index (χ0n) is 90.1. The summed E-state index contributed by atoms with van der Waals surface area (Å²) in [6.45, 7) is 40.0. The van der Waals surface area contributed by atoms with E-state index in [4.69, 9.17) is 0 Å². The molecule has 0 bridgehead atoms. The standard InChI is InChI=1S/5C24H15NO.10C2H6/c5*26-24(23-12-11-16-5-3-4-8-22(16)25-23)20-10-9-19-13-17-6-1-2-7-18(17)14-21(19)15-20;10*1-2/h5*1-15H;10*1-2H3. The van der Waals surface area contributed by atoms with Gasteiger partial charge in [0.1, 0.15) is 28.5 Å². The van der Waals surface area contributed by atoms with E-state index < -0.39 is 0 Å². The van der Waals surface area contributed by atoms with E-state index in [1.807, 2.05) is 442 Å². The van der Waals surface area contributed by atoms with Crippen LogP contribution in [0.25, 0.3) is 162 Å². The maximum absolute atomic E-state index is 12.9. The van der Waals surface area contributed by atoms with E-state index in [0.717, 1.165) is 108 Å². The average Bonchev–Trinajstić information content (AvgIpc) is 0.795. The Morgan fingerprint density at radius 2 is 0.220 bits per heavy atom. The van der Waals surface area contributed by atoms with Crippen molar-refractivity contribution in [2.75, 3.05) is 0 Å². The number of aromatic nitrogens is 5. The van der Waals surface area contributed by atoms with Crippen molar-refractivity contribution < 1.29 is 24.0 Å². The summed E-state index contributed by atoms with van der Waals surface area (Å²) in [5, 5.41) is 28.1. The van der Waals surface area contributed by atoms with Crippen LogP contribution in [0.1, 0.15) is 219 Å². The number of hydrogen-bond acceptors (Lipinski definition) is 10. The van der Waals surface area contributed by atoms with Crippen LogP contribution in [-0.2, 0) is 0 Å². The molecule has 0 spiro atoms. The normalized spacial score (nSPS) is 10.1. The first-order chi connectivity index (χ1) is 73.9. The van der Waals surface area contributed by atoms with E-state index in [9.17, 15) is 24.0 Å². The van der Waals surface area contributed by atoms with Gasteiger partial charge in [0, 0.05) is 54.7 Å². The molecular weight excluding hydrogens is 1830 g/mol. The van der Waals surface area contributed by atoms with Crippen molar-refractivity contribution in [3.8, 4) is 0 Å². The van der Waals surface area contributed by atoms with Gasteiger partial charge >= 0.3 is 0 Å². The molecule has 0 saturated carbocycles. The molecule has 0 atom stereocenters. The first kappa shape index (κ1) is 113. The molecule has 25 rings (SSSR count). The zero-order valence-corrected chi connectivity index (χ0v) is 90.1. The molecule has 0 aliphatic heterocycles. The Kier molecular flexibility index (Phi) is 43.1. The molecule has 0 aliphatic carbocycles. The van der Waals surface area contributed by atoms with Gasteiger partial charge in [0.15, 0.2) is 0 Å². The summed E-state index contributed by atoms with van der Waals surface area (Å²) < 4.78 is 0. The third kappa shape index (κ3) is 27.4. The van der Waals surface area contributed by atoms with Crippen LogP contribution < -0.4 is 0 Å². The van der Waals surface area contributed by atoms with Crippen LogP contribution in [0.15, 0.2) is 455 Å². The molecule has 0 unspecified atom stereocenters. The molecule has 0 fully saturated rings. The summed E-state index contributed by atoms with van der Waals surface area (Å²) >= 11 is 0. The van der Waals surface area contributed by atoms with Gasteiger partial charge in [0.05, 0.1) is 27.6 Å². The van der Waals surface area contributed by atoms with Gasteiger partial charge < -0.3 is 0 Å². The number of nitrogens with zero attached hydrogens (tertiary/aromatic N) is 5. The van der Waals surface area contributed by atoms with Gasteiger partial charge in [-0.1, -0.05) is 442 Å². The minimum absolute atomic E-state index is 0.0502. The summed E-state index contributed by atoms with van der Waals surface area (Å²) in [7, 11) is 0. The van der Waals surface area contributed by atoms with E-state index in [0.29, 0.717) is 56.3 Å². The molecule has 0 N–H and O–H groups in total. The molecule has 0 amide bonds. The van der Waals surface area contributed by atoms with Crippen molar-refractivity contribution in [3.63, 3.8) is 0 Å². The van der Waals surface area contributed by atoms with Crippen molar-refractivity contribution >= 4 is 191 Å². The largest absolute Gasteiger partial charge is 0.287 e. The number of carbonyl (C=O) groups excluding carboxylic acids is 5. The molecular formula is C140H135N5O5. The molecule has 25 aromatic rings. The fourth-order valence-corrected chi connectivity index (χ4v) is 17.1. The molecule has 5 aromatic heterocycles. The molecule has 750 valence electrons. The molecule has 0 saturated heterocycles. The lowest BCUT2D eigenvalue weighted by molar-refractivity contribution is 0.102. The number of benzene rings is 20. The summed E-state index contributed by atoms with van der Waals surface area (Å²) in [6, 6.07) is 150. The molecule has 0 radical (unpaired) electrons. The summed E-state index contributed by atoms with van der Waals surface area (Å²) in [6.07, 6.45) is 0. The maximum Gasteiger partial charge on any atom is 0.211 e. The monoisotopic (exact) mass is 1970 g/mol. The van der Waals surface area contributed by atoms with Crippen LogP contribution in [0.2, 0.25) is 0 Å². The SMILES string of the molecule is CC.CC.CC.CC.CC.CC.CC.CC.CC.CC.O=C(c1ccc2cc3ccccc3cc2c1)c1ccc2ccccc2n1.O=C(c1ccc2cc3ccccc3cc2c1)c1ccc2ccccc2n1.O=C(c1ccc2cc3ccccc3cc2c1)c1ccc2ccccc2n1.O=C(c1ccc2cc3ccccc3cc2c1)c1ccc2ccccc2n1.O=C(c1ccc2cc3ccccc3cc2c1)c1ccc2ccccc2n1. The quantitative estimate of drug-likeness (QED) is 0.0956. The summed E-state index contributed by atoms with van der Waals surface area (Å²) in [5.74, 6) is -0.251. The Morgan fingerprint density at radius 3 is 0.360 bits per heavy atom. The highest BCUT2D eigenvalue weighted by Gasteiger charge is 2.20. The number of ketones is 5. The van der Waals surface area contributed by atoms with E-state index in [-0.39, 0.29) is 28.9 Å². The summed E-state index contributed by atoms with van der Waals surface area (Å²) in [4.78, 5) is 87.3. The van der Waals surface area contributed by atoms with E-state index in [1.54, 1.807) is 30.3 Å². The van der Waals surface area contributed by atoms with Gasteiger partial charge in [0.2, 0.25) is 28.9 Å². The Balaban J connectivity index is 0.000000170. The molecule has 0 aliphatic rings. The predicted molar refractivity (Wildman–Crippen MR) is 647 cm³/mol. The van der Waals surface area contributed by atoms with E-state index in [1.165, 1.54) is 53.9 Å². The van der Waals surface area contributed by atoms with Crippen molar-refractivity contribution in [1.82, 2.24) is 24.9 Å². The first-order valence-electron chi connectivity index (χ1n) is 53.0.